The molecule has 0 aliphatic carbocycles. The van der Waals surface area contributed by atoms with Crippen LogP contribution in [0.3, 0.4) is 0 Å². The van der Waals surface area contributed by atoms with E-state index in [1.165, 1.54) is 11.1 Å². The van der Waals surface area contributed by atoms with Crippen LogP contribution in [0.1, 0.15) is 63.6 Å². The smallest absolute Gasteiger partial charge is 0.226 e. The summed E-state index contributed by atoms with van der Waals surface area (Å²) in [6.45, 7) is 9.61. The monoisotopic (exact) mass is 350 g/mol. The Kier molecular flexibility index (Phi) is 6.33. The third kappa shape index (κ3) is 4.12. The molecular weight excluding hydrogens is 320 g/mol. The molecule has 3 rings (SSSR count). The topological polar surface area (TPSA) is 32.3 Å². The largest absolute Gasteiger partial charge is 0.335 e. The van der Waals surface area contributed by atoms with E-state index in [0.29, 0.717) is 5.91 Å². The molecule has 4 heteroatoms. The molecule has 0 radical (unpaired) electrons. The second-order valence-electron chi connectivity index (χ2n) is 8.09. The van der Waals surface area contributed by atoms with Gasteiger partial charge in [0.15, 0.2) is 0 Å². The SMILES string of the molecule is CC(C)(C)c1ccc(C2CCCN2C(=O)C2CCNCC2)cc1.Cl. The molecule has 3 nitrogen and oxygen atoms in total. The fourth-order valence-electron chi connectivity index (χ4n) is 3.89. The van der Waals surface area contributed by atoms with Crippen molar-refractivity contribution in [1.29, 1.82) is 0 Å². The van der Waals surface area contributed by atoms with E-state index in [9.17, 15) is 4.79 Å². The second-order valence-corrected chi connectivity index (χ2v) is 8.09. The van der Waals surface area contributed by atoms with Crippen LogP contribution in [0.15, 0.2) is 24.3 Å². The molecule has 2 heterocycles. The molecule has 1 aromatic rings. The van der Waals surface area contributed by atoms with E-state index < -0.39 is 0 Å². The Labute approximate surface area is 152 Å². The van der Waals surface area contributed by atoms with E-state index >= 15 is 0 Å². The molecule has 0 saturated carbocycles. The predicted octanol–water partition coefficient (Wildman–Crippen LogP) is 4.07. The van der Waals surface area contributed by atoms with Gasteiger partial charge in [0.2, 0.25) is 5.91 Å². The number of rotatable bonds is 2. The summed E-state index contributed by atoms with van der Waals surface area (Å²) in [4.78, 5) is 15.1. The Morgan fingerprint density at radius 1 is 1.08 bits per heavy atom. The quantitative estimate of drug-likeness (QED) is 0.872. The first-order chi connectivity index (χ1) is 11.0. The van der Waals surface area contributed by atoms with Crippen LogP contribution in [0, 0.1) is 5.92 Å². The first kappa shape index (κ1) is 19.3. The third-order valence-corrected chi connectivity index (χ3v) is 5.39. The zero-order valence-corrected chi connectivity index (χ0v) is 16.0. The zero-order chi connectivity index (χ0) is 16.4. The van der Waals surface area contributed by atoms with E-state index in [4.69, 9.17) is 0 Å². The number of amides is 1. The van der Waals surface area contributed by atoms with Crippen LogP contribution < -0.4 is 5.32 Å². The van der Waals surface area contributed by atoms with Gasteiger partial charge in [0.1, 0.15) is 0 Å². The van der Waals surface area contributed by atoms with Gasteiger partial charge >= 0.3 is 0 Å². The van der Waals surface area contributed by atoms with Crippen molar-refractivity contribution in [2.45, 2.75) is 57.9 Å². The molecule has 24 heavy (non-hydrogen) atoms. The van der Waals surface area contributed by atoms with Crippen molar-refractivity contribution in [3.63, 3.8) is 0 Å². The van der Waals surface area contributed by atoms with Crippen molar-refractivity contribution in [3.05, 3.63) is 35.4 Å². The van der Waals surface area contributed by atoms with Crippen LogP contribution in [0.5, 0.6) is 0 Å². The van der Waals surface area contributed by atoms with Gasteiger partial charge < -0.3 is 10.2 Å². The van der Waals surface area contributed by atoms with Crippen molar-refractivity contribution in [3.8, 4) is 0 Å². The fraction of sp³-hybridized carbons (Fsp3) is 0.650. The molecule has 2 saturated heterocycles. The van der Waals surface area contributed by atoms with Gasteiger partial charge in [-0.25, -0.2) is 0 Å². The summed E-state index contributed by atoms with van der Waals surface area (Å²) in [5.41, 5.74) is 2.84. The van der Waals surface area contributed by atoms with Gasteiger partial charge in [0.25, 0.3) is 0 Å². The number of likely N-dealkylation sites (tertiary alicyclic amines) is 1. The van der Waals surface area contributed by atoms with E-state index in [1.807, 2.05) is 0 Å². The van der Waals surface area contributed by atoms with E-state index in [1.54, 1.807) is 0 Å². The highest BCUT2D eigenvalue weighted by atomic mass is 35.5. The highest BCUT2D eigenvalue weighted by Gasteiger charge is 2.34. The first-order valence-electron chi connectivity index (χ1n) is 9.08. The molecule has 1 unspecified atom stereocenters. The molecule has 2 fully saturated rings. The summed E-state index contributed by atoms with van der Waals surface area (Å²) in [5, 5.41) is 3.35. The third-order valence-electron chi connectivity index (χ3n) is 5.39. The number of carbonyl (C=O) groups is 1. The minimum absolute atomic E-state index is 0. The van der Waals surface area contributed by atoms with Crippen molar-refractivity contribution >= 4 is 18.3 Å². The Hall–Kier alpha value is -1.06. The Bertz CT molecular complexity index is 544. The minimum atomic E-state index is 0. The van der Waals surface area contributed by atoms with Crippen LogP contribution in [0.4, 0.5) is 0 Å². The lowest BCUT2D eigenvalue weighted by atomic mass is 9.86. The van der Waals surface area contributed by atoms with Gasteiger partial charge in [0.05, 0.1) is 6.04 Å². The number of piperidine rings is 1. The minimum Gasteiger partial charge on any atom is -0.335 e. The second kappa shape index (κ2) is 7.88. The van der Waals surface area contributed by atoms with Gasteiger partial charge in [-0.1, -0.05) is 45.0 Å². The van der Waals surface area contributed by atoms with E-state index in [0.717, 1.165) is 45.3 Å². The van der Waals surface area contributed by atoms with Crippen LogP contribution in [0.2, 0.25) is 0 Å². The molecule has 1 N–H and O–H groups in total. The molecule has 1 atom stereocenters. The molecular formula is C20H31ClN2O. The molecule has 0 spiro atoms. The molecule has 0 bridgehead atoms. The van der Waals surface area contributed by atoms with E-state index in [-0.39, 0.29) is 29.8 Å². The maximum Gasteiger partial charge on any atom is 0.226 e. The zero-order valence-electron chi connectivity index (χ0n) is 15.2. The number of nitrogens with one attached hydrogen (secondary N) is 1. The molecule has 2 aliphatic heterocycles. The number of hydrogen-bond acceptors (Lipinski definition) is 2. The maximum atomic E-state index is 12.9. The van der Waals surface area contributed by atoms with Crippen molar-refractivity contribution < 1.29 is 4.79 Å². The first-order valence-corrected chi connectivity index (χ1v) is 9.08. The number of nitrogens with zero attached hydrogens (tertiary/aromatic N) is 1. The van der Waals surface area contributed by atoms with Crippen molar-refractivity contribution in [2.24, 2.45) is 5.92 Å². The van der Waals surface area contributed by atoms with Gasteiger partial charge in [0, 0.05) is 12.5 Å². The molecule has 1 aromatic carbocycles. The summed E-state index contributed by atoms with van der Waals surface area (Å²) in [5.74, 6) is 0.611. The normalized spacial score (nSPS) is 22.3. The van der Waals surface area contributed by atoms with Gasteiger partial charge in [-0.3, -0.25) is 4.79 Å². The molecule has 2 aliphatic rings. The Balaban J connectivity index is 0.00000208. The van der Waals surface area contributed by atoms with Crippen molar-refractivity contribution in [1.82, 2.24) is 10.2 Å². The summed E-state index contributed by atoms with van der Waals surface area (Å²) in [6, 6.07) is 9.23. The lowest BCUT2D eigenvalue weighted by Gasteiger charge is -2.31. The van der Waals surface area contributed by atoms with Gasteiger partial charge in [-0.05, 0) is 55.3 Å². The average Bonchev–Trinajstić information content (AvgIpc) is 3.04. The summed E-state index contributed by atoms with van der Waals surface area (Å²) in [6.07, 6.45) is 4.21. The standard InChI is InChI=1S/C20H30N2O.ClH/c1-20(2,3)17-8-6-15(7-9-17)18-5-4-14-22(18)19(23)16-10-12-21-13-11-16;/h6-9,16,18,21H,4-5,10-14H2,1-3H3;1H. The summed E-state index contributed by atoms with van der Waals surface area (Å²) >= 11 is 0. The molecule has 1 amide bonds. The average molecular weight is 351 g/mol. The predicted molar refractivity (Wildman–Crippen MR) is 102 cm³/mol. The van der Waals surface area contributed by atoms with Crippen LogP contribution >= 0.6 is 12.4 Å². The number of benzene rings is 1. The number of hydrogen-bond donors (Lipinski definition) is 1. The van der Waals surface area contributed by atoms with E-state index in [2.05, 4.69) is 55.3 Å². The molecule has 0 aromatic heterocycles. The lowest BCUT2D eigenvalue weighted by molar-refractivity contribution is -0.137. The Morgan fingerprint density at radius 3 is 2.29 bits per heavy atom. The fourth-order valence-corrected chi connectivity index (χ4v) is 3.89. The number of carbonyl (C=O) groups excluding carboxylic acids is 1. The lowest BCUT2D eigenvalue weighted by Crippen LogP contribution is -2.40. The van der Waals surface area contributed by atoms with Gasteiger partial charge in [-0.15, -0.1) is 12.4 Å². The maximum absolute atomic E-state index is 12.9. The van der Waals surface area contributed by atoms with Crippen LogP contribution in [0.25, 0.3) is 0 Å². The van der Waals surface area contributed by atoms with Gasteiger partial charge in [-0.2, -0.15) is 0 Å². The highest BCUT2D eigenvalue weighted by molar-refractivity contribution is 5.85. The van der Waals surface area contributed by atoms with Crippen molar-refractivity contribution in [2.75, 3.05) is 19.6 Å². The van der Waals surface area contributed by atoms with Crippen LogP contribution in [-0.2, 0) is 10.2 Å². The van der Waals surface area contributed by atoms with Crippen LogP contribution in [-0.4, -0.2) is 30.4 Å². The number of halogens is 1. The summed E-state index contributed by atoms with van der Waals surface area (Å²) in [7, 11) is 0. The Morgan fingerprint density at radius 2 is 1.71 bits per heavy atom. The highest BCUT2D eigenvalue weighted by Crippen LogP contribution is 2.35. The molecule has 134 valence electrons. The summed E-state index contributed by atoms with van der Waals surface area (Å²) < 4.78 is 0.